The number of piperazine rings is 1. The highest BCUT2D eigenvalue weighted by Crippen LogP contribution is 2.31. The lowest BCUT2D eigenvalue weighted by Gasteiger charge is -2.38. The van der Waals surface area contributed by atoms with Gasteiger partial charge < -0.3 is 19.4 Å². The lowest BCUT2D eigenvalue weighted by Crippen LogP contribution is -2.53. The Labute approximate surface area is 220 Å². The summed E-state index contributed by atoms with van der Waals surface area (Å²) in [6, 6.07) is 4.25. The topological polar surface area (TPSA) is 127 Å². The fourth-order valence-electron chi connectivity index (χ4n) is 5.21. The third kappa shape index (κ3) is 4.31. The van der Waals surface area contributed by atoms with E-state index in [1.54, 1.807) is 41.1 Å². The molecule has 4 aromatic rings. The van der Waals surface area contributed by atoms with Crippen LogP contribution in [0, 0.1) is 16.7 Å². The Morgan fingerprint density at radius 1 is 1.00 bits per heavy atom. The molecule has 1 N–H and O–H groups in total. The minimum absolute atomic E-state index is 0.212. The first kappa shape index (κ1) is 23.9. The average Bonchev–Trinajstić information content (AvgIpc) is 3.72. The van der Waals surface area contributed by atoms with Crippen molar-refractivity contribution >= 4 is 17.3 Å². The largest absolute Gasteiger partial charge is 0.380 e. The Bertz CT molecular complexity index is 1510. The first-order valence-electron chi connectivity index (χ1n) is 12.6. The second-order valence-electron chi connectivity index (χ2n) is 9.66. The van der Waals surface area contributed by atoms with E-state index in [-0.39, 0.29) is 6.10 Å². The van der Waals surface area contributed by atoms with Crippen LogP contribution in [0.4, 0.5) is 5.82 Å². The van der Waals surface area contributed by atoms with E-state index in [0.717, 1.165) is 68.2 Å². The fourth-order valence-corrected chi connectivity index (χ4v) is 5.21. The molecule has 194 valence electrons. The molecule has 0 aliphatic carbocycles. The van der Waals surface area contributed by atoms with Crippen LogP contribution >= 0.6 is 0 Å². The van der Waals surface area contributed by atoms with E-state index in [9.17, 15) is 5.26 Å². The van der Waals surface area contributed by atoms with Crippen LogP contribution in [-0.4, -0.2) is 97.6 Å². The third-order valence-corrected chi connectivity index (χ3v) is 7.37. The maximum Gasteiger partial charge on any atom is 0.193 e. The summed E-state index contributed by atoms with van der Waals surface area (Å²) in [5, 5.41) is 27.0. The number of hydrogen-bond donors (Lipinski definition) is 1. The number of nitrogens with one attached hydrogen (secondary N) is 1. The van der Waals surface area contributed by atoms with E-state index < -0.39 is 0 Å². The Kier molecular flexibility index (Phi) is 6.13. The molecule has 6 rings (SSSR count). The maximum absolute atomic E-state index is 9.67. The molecule has 0 amide bonds. The summed E-state index contributed by atoms with van der Waals surface area (Å²) in [6.45, 7) is 4.68. The van der Waals surface area contributed by atoms with Gasteiger partial charge in [-0.3, -0.25) is 15.1 Å². The maximum atomic E-state index is 9.67. The van der Waals surface area contributed by atoms with Crippen molar-refractivity contribution in [3.63, 3.8) is 0 Å². The molecular formula is C26H29N11O. The van der Waals surface area contributed by atoms with Crippen LogP contribution in [0.25, 0.3) is 27.9 Å². The molecule has 4 aromatic heterocycles. The normalized spacial score (nSPS) is 17.8. The summed E-state index contributed by atoms with van der Waals surface area (Å²) in [4.78, 5) is 15.9. The quantitative estimate of drug-likeness (QED) is 0.322. The Hall–Kier alpha value is -4.50. The minimum Gasteiger partial charge on any atom is -0.380 e. The van der Waals surface area contributed by atoms with Crippen molar-refractivity contribution in [3.8, 4) is 28.5 Å². The van der Waals surface area contributed by atoms with Crippen LogP contribution in [-0.2, 0) is 11.8 Å². The van der Waals surface area contributed by atoms with E-state index in [1.165, 1.54) is 0 Å². The average molecular weight is 512 g/mol. The first-order chi connectivity index (χ1) is 18.5. The number of aryl methyl sites for hydroxylation is 1. The van der Waals surface area contributed by atoms with E-state index in [4.69, 9.17) is 20.1 Å². The van der Waals surface area contributed by atoms with Crippen LogP contribution < -0.4 is 4.90 Å². The van der Waals surface area contributed by atoms with Crippen molar-refractivity contribution < 1.29 is 4.74 Å². The van der Waals surface area contributed by atoms with Gasteiger partial charge in [-0.25, -0.2) is 9.50 Å². The van der Waals surface area contributed by atoms with Crippen LogP contribution in [0.3, 0.4) is 0 Å². The molecule has 0 aromatic carbocycles. The second-order valence-corrected chi connectivity index (χ2v) is 9.66. The molecule has 12 heteroatoms. The number of nitriles is 1. The van der Waals surface area contributed by atoms with Gasteiger partial charge >= 0.3 is 0 Å². The van der Waals surface area contributed by atoms with Gasteiger partial charge in [-0.05, 0) is 12.5 Å². The number of ether oxygens (including phenoxy) is 1. The SMILES string of the molecule is CO[C@H]1CCN(C(=N)N2CCN(c3cnc(-c4cc(-c5cnn(C)c5)cn5ncc(C#N)c45)cn3)CC2)C1. The zero-order valence-electron chi connectivity index (χ0n) is 21.4. The Balaban J connectivity index is 1.21. The molecule has 38 heavy (non-hydrogen) atoms. The number of hydrogen-bond acceptors (Lipinski definition) is 8. The highest BCUT2D eigenvalue weighted by atomic mass is 16.5. The first-order valence-corrected chi connectivity index (χ1v) is 12.6. The van der Waals surface area contributed by atoms with Gasteiger partial charge in [0, 0.05) is 82.5 Å². The van der Waals surface area contributed by atoms with Gasteiger partial charge in [0.15, 0.2) is 5.96 Å². The van der Waals surface area contributed by atoms with Gasteiger partial charge in [-0.2, -0.15) is 15.5 Å². The molecular weight excluding hydrogens is 482 g/mol. The van der Waals surface area contributed by atoms with Gasteiger partial charge in [0.25, 0.3) is 0 Å². The highest BCUT2D eigenvalue weighted by molar-refractivity contribution is 5.86. The van der Waals surface area contributed by atoms with Crippen LogP contribution in [0.2, 0.25) is 0 Å². The molecule has 0 saturated carbocycles. The molecule has 0 bridgehead atoms. The number of methoxy groups -OCH3 is 1. The molecule has 0 radical (unpaired) electrons. The summed E-state index contributed by atoms with van der Waals surface area (Å²) >= 11 is 0. The van der Waals surface area contributed by atoms with E-state index in [1.807, 2.05) is 25.5 Å². The van der Waals surface area contributed by atoms with Crippen molar-refractivity contribution in [2.75, 3.05) is 51.3 Å². The van der Waals surface area contributed by atoms with Crippen molar-refractivity contribution in [2.45, 2.75) is 12.5 Å². The molecule has 2 saturated heterocycles. The van der Waals surface area contributed by atoms with E-state index >= 15 is 0 Å². The van der Waals surface area contributed by atoms with Gasteiger partial charge in [-0.1, -0.05) is 0 Å². The molecule has 12 nitrogen and oxygen atoms in total. The van der Waals surface area contributed by atoms with Crippen molar-refractivity contribution in [1.29, 1.82) is 10.7 Å². The molecule has 2 fully saturated rings. The Morgan fingerprint density at radius 3 is 2.50 bits per heavy atom. The molecule has 6 heterocycles. The van der Waals surface area contributed by atoms with Crippen molar-refractivity contribution in [2.24, 2.45) is 7.05 Å². The summed E-state index contributed by atoms with van der Waals surface area (Å²) in [5.74, 6) is 1.38. The molecule has 1 atom stereocenters. The van der Waals surface area contributed by atoms with Crippen LogP contribution in [0.5, 0.6) is 0 Å². The second kappa shape index (κ2) is 9.75. The molecule has 0 unspecified atom stereocenters. The summed E-state index contributed by atoms with van der Waals surface area (Å²) < 4.78 is 8.92. The number of anilines is 1. The monoisotopic (exact) mass is 511 g/mol. The zero-order valence-corrected chi connectivity index (χ0v) is 21.4. The number of guanidine groups is 1. The summed E-state index contributed by atoms with van der Waals surface area (Å²) in [5.41, 5.74) is 4.52. The number of aromatic nitrogens is 6. The van der Waals surface area contributed by atoms with Gasteiger partial charge in [0.05, 0.1) is 47.7 Å². The fraction of sp³-hybridized carbons (Fsp3) is 0.385. The van der Waals surface area contributed by atoms with Gasteiger partial charge in [0.2, 0.25) is 0 Å². The smallest absolute Gasteiger partial charge is 0.193 e. The number of fused-ring (bicyclic) bond motifs is 1. The Morgan fingerprint density at radius 2 is 1.84 bits per heavy atom. The van der Waals surface area contributed by atoms with Crippen LogP contribution in [0.1, 0.15) is 12.0 Å². The van der Waals surface area contributed by atoms with Crippen molar-refractivity contribution in [3.05, 3.63) is 48.8 Å². The van der Waals surface area contributed by atoms with Crippen LogP contribution in [0.15, 0.2) is 43.2 Å². The molecule has 2 aliphatic rings. The highest BCUT2D eigenvalue weighted by Gasteiger charge is 2.29. The van der Waals surface area contributed by atoms with Gasteiger partial charge in [0.1, 0.15) is 11.9 Å². The van der Waals surface area contributed by atoms with E-state index in [0.29, 0.717) is 22.7 Å². The lowest BCUT2D eigenvalue weighted by atomic mass is 10.0. The number of pyridine rings is 1. The summed E-state index contributed by atoms with van der Waals surface area (Å²) in [7, 11) is 3.61. The number of nitrogens with zero attached hydrogens (tertiary/aromatic N) is 10. The number of rotatable bonds is 4. The van der Waals surface area contributed by atoms with E-state index in [2.05, 4.69) is 31.0 Å². The number of likely N-dealkylation sites (tertiary alicyclic amines) is 1. The summed E-state index contributed by atoms with van der Waals surface area (Å²) in [6.07, 6.45) is 11.9. The van der Waals surface area contributed by atoms with Gasteiger partial charge in [-0.15, -0.1) is 0 Å². The lowest BCUT2D eigenvalue weighted by molar-refractivity contribution is 0.113. The predicted molar refractivity (Wildman–Crippen MR) is 142 cm³/mol. The van der Waals surface area contributed by atoms with Crippen molar-refractivity contribution in [1.82, 2.24) is 39.2 Å². The predicted octanol–water partition coefficient (Wildman–Crippen LogP) is 1.84. The zero-order chi connectivity index (χ0) is 26.2. The minimum atomic E-state index is 0.212. The molecule has 0 spiro atoms. The molecule has 2 aliphatic heterocycles. The standard InChI is InChI=1S/C26H29N11O/c1-33-15-20(12-31-33)18-9-22(25-19(10-27)11-32-37(25)16-18)23-13-30-24(14-29-23)34-5-7-35(8-6-34)26(28)36-4-3-21(17-36)38-2/h9,11-16,21,28H,3-8,17H2,1-2H3/t21-/m0/s1. The third-order valence-electron chi connectivity index (χ3n) is 7.37.